The van der Waals surface area contributed by atoms with Crippen LogP contribution in [-0.4, -0.2) is 59.6 Å². The maximum Gasteiger partial charge on any atom is 0.428 e. The number of rotatable bonds is 4. The molecule has 11 nitrogen and oxygen atoms in total. The highest BCUT2D eigenvalue weighted by atomic mass is 31.2. The third-order valence-corrected chi connectivity index (χ3v) is 3.45. The zero-order chi connectivity index (χ0) is 16.7. The predicted octanol–water partition coefficient (Wildman–Crippen LogP) is -2.50. The minimum Gasteiger partial charge on any atom is -0.394 e. The van der Waals surface area contributed by atoms with Crippen LogP contribution in [-0.2, 0) is 9.30 Å². The first-order valence-electron chi connectivity index (χ1n) is 5.89. The van der Waals surface area contributed by atoms with Gasteiger partial charge in [0.25, 0.3) is 0 Å². The van der Waals surface area contributed by atoms with E-state index in [-0.39, 0.29) is 0 Å². The lowest BCUT2D eigenvalue weighted by Gasteiger charge is -2.18. The Morgan fingerprint density at radius 3 is 2.55 bits per heavy atom. The number of nitrogens with one attached hydrogen (secondary N) is 1. The molecule has 0 bridgehead atoms. The molecule has 6 N–H and O–H groups in total. The van der Waals surface area contributed by atoms with Crippen molar-refractivity contribution < 1.29 is 38.8 Å². The first-order chi connectivity index (χ1) is 10.1. The van der Waals surface area contributed by atoms with Gasteiger partial charge in [-0.25, -0.2) is 13.8 Å². The van der Waals surface area contributed by atoms with E-state index in [4.69, 9.17) is 19.6 Å². The summed E-state index contributed by atoms with van der Waals surface area (Å²) in [7, 11) is -4.87. The predicted molar refractivity (Wildman–Crippen MR) is 67.1 cm³/mol. The molecule has 0 spiro atoms. The van der Waals surface area contributed by atoms with E-state index in [2.05, 4.69) is 4.98 Å². The van der Waals surface area contributed by atoms with Crippen LogP contribution in [0.3, 0.4) is 0 Å². The zero-order valence-electron chi connectivity index (χ0n) is 10.8. The van der Waals surface area contributed by atoms with Gasteiger partial charge in [-0.05, 0) is 0 Å². The van der Waals surface area contributed by atoms with E-state index in [1.807, 2.05) is 0 Å². The highest BCUT2D eigenvalue weighted by Gasteiger charge is 2.44. The smallest absolute Gasteiger partial charge is 0.394 e. The van der Waals surface area contributed by atoms with E-state index in [0.717, 1.165) is 0 Å². The van der Waals surface area contributed by atoms with Gasteiger partial charge >= 0.3 is 13.4 Å². The monoisotopic (exact) mass is 341 g/mol. The molecule has 0 amide bonds. The molecule has 0 radical (unpaired) electrons. The third-order valence-electron chi connectivity index (χ3n) is 2.95. The van der Waals surface area contributed by atoms with Crippen molar-refractivity contribution in [2.75, 3.05) is 11.7 Å². The molecule has 1 aliphatic rings. The molecule has 1 aliphatic heterocycles. The number of aliphatic hydroxyl groups excluding tert-OH is 3. The molecule has 22 heavy (non-hydrogen) atoms. The van der Waals surface area contributed by atoms with Crippen LogP contribution in [0.25, 0.3) is 0 Å². The van der Waals surface area contributed by atoms with Gasteiger partial charge in [-0.3, -0.25) is 9.65 Å². The summed E-state index contributed by atoms with van der Waals surface area (Å²) in [5, 5.41) is 29.7. The molecule has 2 heterocycles. The fraction of sp³-hybridized carbons (Fsp3) is 0.556. The van der Waals surface area contributed by atoms with Gasteiger partial charge in [0, 0.05) is 0 Å². The molecule has 4 atom stereocenters. The second-order valence-electron chi connectivity index (χ2n) is 4.51. The minimum absolute atomic E-state index is 0.504. The first kappa shape index (κ1) is 17.0. The van der Waals surface area contributed by atoms with Crippen molar-refractivity contribution in [2.24, 2.45) is 0 Å². The molecule has 0 aliphatic carbocycles. The van der Waals surface area contributed by atoms with Crippen molar-refractivity contribution in [3.63, 3.8) is 0 Å². The van der Waals surface area contributed by atoms with Crippen LogP contribution < -0.4 is 10.8 Å². The fourth-order valence-corrected chi connectivity index (χ4v) is 2.39. The lowest BCUT2D eigenvalue weighted by Crippen LogP contribution is -2.36. The van der Waals surface area contributed by atoms with Crippen molar-refractivity contribution in [2.45, 2.75) is 24.5 Å². The van der Waals surface area contributed by atoms with E-state index in [0.29, 0.717) is 10.8 Å². The summed E-state index contributed by atoms with van der Waals surface area (Å²) in [4.78, 5) is 32.2. The van der Waals surface area contributed by atoms with Gasteiger partial charge in [0.15, 0.2) is 17.9 Å². The van der Waals surface area contributed by atoms with Crippen molar-refractivity contribution >= 4 is 13.6 Å². The Balaban J connectivity index is 2.36. The number of aliphatic hydroxyl groups is 3. The van der Waals surface area contributed by atoms with Gasteiger partial charge in [0.2, 0.25) is 0 Å². The molecule has 124 valence electrons. The molecule has 0 saturated carbocycles. The lowest BCUT2D eigenvalue weighted by atomic mass is 10.1. The van der Waals surface area contributed by atoms with Crippen molar-refractivity contribution in [1.29, 1.82) is 0 Å². The highest BCUT2D eigenvalue weighted by Crippen LogP contribution is 2.35. The minimum atomic E-state index is -4.87. The number of hydrogen-bond acceptors (Lipinski definition) is 7. The number of ether oxygens (including phenoxy) is 1. The SMILES string of the molecule is O=c1nc(NP(=O)(O)O)c(F)cn1C1O[C@H](CO)[C@@H](O)[C@H]1O. The summed E-state index contributed by atoms with van der Waals surface area (Å²) in [6.45, 7) is -0.642. The summed E-state index contributed by atoms with van der Waals surface area (Å²) in [5.41, 5.74) is -1.19. The Morgan fingerprint density at radius 1 is 1.41 bits per heavy atom. The van der Waals surface area contributed by atoms with E-state index >= 15 is 0 Å². The number of aromatic nitrogens is 2. The van der Waals surface area contributed by atoms with E-state index < -0.39 is 56.2 Å². The van der Waals surface area contributed by atoms with Gasteiger partial charge < -0.3 is 29.8 Å². The molecule has 2 rings (SSSR count). The Bertz CT molecular complexity index is 663. The van der Waals surface area contributed by atoms with Crippen molar-refractivity contribution in [3.05, 3.63) is 22.5 Å². The Kier molecular flexibility index (Phi) is 4.63. The third kappa shape index (κ3) is 3.33. The second-order valence-corrected chi connectivity index (χ2v) is 5.82. The standard InChI is InChI=1S/C9H13FN3O8P/c10-3-1-13(8-6(16)5(15)4(2-14)21-8)9(17)11-7(3)12-22(18,19)20/h1,4-6,8,14-16H,2H2,(H3,11,12,17,18,19,20)/t4-,5-,6-,8?/m1/s1. The molecule has 1 fully saturated rings. The Labute approximate surface area is 121 Å². The van der Waals surface area contributed by atoms with Crippen LogP contribution in [0.2, 0.25) is 0 Å². The molecule has 0 aromatic carbocycles. The van der Waals surface area contributed by atoms with Crippen LogP contribution >= 0.6 is 7.75 Å². The molecule has 1 aromatic rings. The second kappa shape index (κ2) is 6.01. The Hall–Kier alpha value is -1.40. The summed E-state index contributed by atoms with van der Waals surface area (Å²) in [5.74, 6) is -2.26. The first-order valence-corrected chi connectivity index (χ1v) is 7.50. The van der Waals surface area contributed by atoms with E-state index in [1.54, 1.807) is 0 Å². The van der Waals surface area contributed by atoms with E-state index in [1.165, 1.54) is 5.09 Å². The fourth-order valence-electron chi connectivity index (χ4n) is 1.95. The van der Waals surface area contributed by atoms with Crippen molar-refractivity contribution in [1.82, 2.24) is 9.55 Å². The summed E-state index contributed by atoms with van der Waals surface area (Å²) >= 11 is 0. The van der Waals surface area contributed by atoms with Gasteiger partial charge in [-0.1, -0.05) is 0 Å². The van der Waals surface area contributed by atoms with E-state index in [9.17, 15) is 24.0 Å². The van der Waals surface area contributed by atoms with Crippen molar-refractivity contribution in [3.8, 4) is 0 Å². The summed E-state index contributed by atoms with van der Waals surface area (Å²) in [6.07, 6.45) is -5.31. The largest absolute Gasteiger partial charge is 0.428 e. The molecule has 1 unspecified atom stereocenters. The maximum atomic E-state index is 13.7. The van der Waals surface area contributed by atoms with Crippen LogP contribution in [0.5, 0.6) is 0 Å². The topological polar surface area (TPSA) is 174 Å². The number of hydrogen-bond donors (Lipinski definition) is 6. The molecule has 13 heteroatoms. The highest BCUT2D eigenvalue weighted by molar-refractivity contribution is 7.53. The van der Waals surface area contributed by atoms with Crippen LogP contribution in [0.1, 0.15) is 6.23 Å². The number of anilines is 1. The number of nitrogens with zero attached hydrogens (tertiary/aromatic N) is 2. The van der Waals surface area contributed by atoms with Gasteiger partial charge in [0.1, 0.15) is 18.3 Å². The summed E-state index contributed by atoms with van der Waals surface area (Å²) < 4.78 is 30.0. The average molecular weight is 341 g/mol. The summed E-state index contributed by atoms with van der Waals surface area (Å²) in [6, 6.07) is 0. The van der Waals surface area contributed by atoms with Gasteiger partial charge in [-0.15, -0.1) is 0 Å². The van der Waals surface area contributed by atoms with Crippen LogP contribution in [0.15, 0.2) is 11.0 Å². The molecule has 1 saturated heterocycles. The quantitative estimate of drug-likeness (QED) is 0.321. The maximum absolute atomic E-state index is 13.7. The normalized spacial score (nSPS) is 28.8. The average Bonchev–Trinajstić information content (AvgIpc) is 2.68. The molecular weight excluding hydrogens is 328 g/mol. The van der Waals surface area contributed by atoms with Crippen LogP contribution in [0, 0.1) is 5.82 Å². The number of halogens is 1. The Morgan fingerprint density at radius 2 is 2.05 bits per heavy atom. The lowest BCUT2D eigenvalue weighted by molar-refractivity contribution is -0.0553. The zero-order valence-corrected chi connectivity index (χ0v) is 11.7. The molecular formula is C9H13FN3O8P. The molecule has 1 aromatic heterocycles. The van der Waals surface area contributed by atoms with Gasteiger partial charge in [-0.2, -0.15) is 4.98 Å². The van der Waals surface area contributed by atoms with Gasteiger partial charge in [0.05, 0.1) is 12.8 Å². The van der Waals surface area contributed by atoms with Crippen LogP contribution in [0.4, 0.5) is 10.2 Å².